The van der Waals surface area contributed by atoms with Gasteiger partial charge in [-0.2, -0.15) is 0 Å². The molecule has 0 aliphatic rings. The van der Waals surface area contributed by atoms with Gasteiger partial charge in [0.2, 0.25) is 0 Å². The number of aliphatic hydroxyl groups is 1. The fourth-order valence-electron chi connectivity index (χ4n) is 1.66. The van der Waals surface area contributed by atoms with E-state index in [2.05, 4.69) is 0 Å². The van der Waals surface area contributed by atoms with Crippen molar-refractivity contribution in [1.29, 1.82) is 0 Å². The summed E-state index contributed by atoms with van der Waals surface area (Å²) in [7, 11) is 0. The third-order valence-corrected chi connectivity index (χ3v) is 3.54. The van der Waals surface area contributed by atoms with Crippen molar-refractivity contribution in [1.82, 2.24) is 0 Å². The van der Waals surface area contributed by atoms with Crippen LogP contribution in [0.1, 0.15) is 4.88 Å². The lowest BCUT2D eigenvalue weighted by molar-refractivity contribution is 0.160. The Labute approximate surface area is 110 Å². The van der Waals surface area contributed by atoms with E-state index in [9.17, 15) is 9.50 Å². The van der Waals surface area contributed by atoms with Crippen LogP contribution in [0.2, 0.25) is 0 Å². The van der Waals surface area contributed by atoms with E-state index < -0.39 is 0 Å². The number of thiophene rings is 1. The van der Waals surface area contributed by atoms with E-state index in [1.807, 2.05) is 17.5 Å². The predicted molar refractivity (Wildman–Crippen MR) is 70.5 cm³/mol. The second-order valence-electron chi connectivity index (χ2n) is 4.07. The maximum atomic E-state index is 13.3. The van der Waals surface area contributed by atoms with Crippen LogP contribution in [0.15, 0.2) is 41.8 Å². The minimum atomic E-state index is -0.370. The lowest BCUT2D eigenvalue weighted by Gasteiger charge is -2.14. The standard InChI is InChI=1S/C14H15FO2S/c15-13-5-1-2-6-14(13)17-10-11(9-16)8-12-4-3-7-18-12/h1-7,11,16H,8-10H2. The zero-order chi connectivity index (χ0) is 12.8. The van der Waals surface area contributed by atoms with Crippen LogP contribution in [0.4, 0.5) is 4.39 Å². The number of para-hydroxylation sites is 1. The van der Waals surface area contributed by atoms with Crippen molar-refractivity contribution < 1.29 is 14.2 Å². The molecule has 0 spiro atoms. The zero-order valence-corrected chi connectivity index (χ0v) is 10.7. The predicted octanol–water partition coefficient (Wildman–Crippen LogP) is 3.12. The summed E-state index contributed by atoms with van der Waals surface area (Å²) in [6.45, 7) is 0.349. The lowest BCUT2D eigenvalue weighted by atomic mass is 10.1. The lowest BCUT2D eigenvalue weighted by Crippen LogP contribution is -2.18. The molecule has 1 N–H and O–H groups in total. The highest BCUT2D eigenvalue weighted by Crippen LogP contribution is 2.19. The molecular formula is C14H15FO2S. The van der Waals surface area contributed by atoms with Gasteiger partial charge in [0.25, 0.3) is 0 Å². The van der Waals surface area contributed by atoms with Crippen LogP contribution in [-0.2, 0) is 6.42 Å². The molecule has 0 radical (unpaired) electrons. The number of aliphatic hydroxyl groups excluding tert-OH is 1. The molecule has 96 valence electrons. The zero-order valence-electron chi connectivity index (χ0n) is 9.88. The minimum absolute atomic E-state index is 0.0109. The Morgan fingerprint density at radius 1 is 1.22 bits per heavy atom. The molecule has 2 aromatic rings. The highest BCUT2D eigenvalue weighted by atomic mass is 32.1. The van der Waals surface area contributed by atoms with Gasteiger partial charge in [-0.05, 0) is 30.0 Å². The Kier molecular flexibility index (Phi) is 4.73. The van der Waals surface area contributed by atoms with Crippen LogP contribution >= 0.6 is 11.3 Å². The molecule has 1 aromatic heterocycles. The summed E-state index contributed by atoms with van der Waals surface area (Å²) in [6, 6.07) is 10.3. The number of ether oxygens (including phenoxy) is 1. The summed E-state index contributed by atoms with van der Waals surface area (Å²) in [6.07, 6.45) is 0.753. The molecule has 4 heteroatoms. The normalized spacial score (nSPS) is 12.3. The quantitative estimate of drug-likeness (QED) is 0.870. The van der Waals surface area contributed by atoms with Crippen molar-refractivity contribution in [3.63, 3.8) is 0 Å². The molecule has 0 saturated heterocycles. The smallest absolute Gasteiger partial charge is 0.165 e. The average Bonchev–Trinajstić information content (AvgIpc) is 2.89. The molecule has 18 heavy (non-hydrogen) atoms. The van der Waals surface area contributed by atoms with E-state index in [4.69, 9.17) is 4.74 Å². The molecule has 0 bridgehead atoms. The van der Waals surface area contributed by atoms with Crippen LogP contribution < -0.4 is 4.74 Å². The number of hydrogen-bond acceptors (Lipinski definition) is 3. The van der Waals surface area contributed by atoms with Gasteiger partial charge in [-0.3, -0.25) is 0 Å². The maximum absolute atomic E-state index is 13.3. The molecule has 0 saturated carbocycles. The molecule has 1 atom stereocenters. The first-order valence-electron chi connectivity index (χ1n) is 5.80. The van der Waals surface area contributed by atoms with Crippen LogP contribution in [0.25, 0.3) is 0 Å². The summed E-state index contributed by atoms with van der Waals surface area (Å²) < 4.78 is 18.7. The third-order valence-electron chi connectivity index (χ3n) is 2.64. The van der Waals surface area contributed by atoms with Crippen LogP contribution in [0, 0.1) is 11.7 Å². The van der Waals surface area contributed by atoms with E-state index in [0.29, 0.717) is 6.61 Å². The van der Waals surface area contributed by atoms with E-state index in [0.717, 1.165) is 6.42 Å². The van der Waals surface area contributed by atoms with E-state index in [1.54, 1.807) is 29.5 Å². The van der Waals surface area contributed by atoms with E-state index in [1.165, 1.54) is 10.9 Å². The first kappa shape index (κ1) is 13.1. The van der Waals surface area contributed by atoms with E-state index in [-0.39, 0.29) is 24.1 Å². The highest BCUT2D eigenvalue weighted by Gasteiger charge is 2.11. The number of benzene rings is 1. The van der Waals surface area contributed by atoms with Crippen molar-refractivity contribution >= 4 is 11.3 Å². The Bertz CT molecular complexity index is 470. The SMILES string of the molecule is OCC(COc1ccccc1F)Cc1cccs1. The minimum Gasteiger partial charge on any atom is -0.490 e. The molecule has 0 aliphatic carbocycles. The number of rotatable bonds is 6. The summed E-state index contributed by atoms with van der Waals surface area (Å²) in [4.78, 5) is 1.20. The second kappa shape index (κ2) is 6.52. The van der Waals surface area contributed by atoms with Gasteiger partial charge < -0.3 is 9.84 Å². The first-order valence-corrected chi connectivity index (χ1v) is 6.68. The van der Waals surface area contributed by atoms with Gasteiger partial charge in [0.1, 0.15) is 0 Å². The van der Waals surface area contributed by atoms with Gasteiger partial charge in [-0.25, -0.2) is 4.39 Å². The molecule has 1 heterocycles. The van der Waals surface area contributed by atoms with Gasteiger partial charge in [0.15, 0.2) is 11.6 Å². The van der Waals surface area contributed by atoms with Gasteiger partial charge >= 0.3 is 0 Å². The second-order valence-corrected chi connectivity index (χ2v) is 5.11. The number of halogens is 1. The van der Waals surface area contributed by atoms with E-state index >= 15 is 0 Å². The van der Waals surface area contributed by atoms with Crippen LogP contribution in [0.3, 0.4) is 0 Å². The monoisotopic (exact) mass is 266 g/mol. The summed E-state index contributed by atoms with van der Waals surface area (Å²) in [5, 5.41) is 11.3. The van der Waals surface area contributed by atoms with Crippen molar-refractivity contribution in [2.75, 3.05) is 13.2 Å². The highest BCUT2D eigenvalue weighted by molar-refractivity contribution is 7.09. The Hall–Kier alpha value is -1.39. The molecule has 0 aliphatic heterocycles. The summed E-state index contributed by atoms with van der Waals surface area (Å²) in [5.74, 6) is -0.143. The Balaban J connectivity index is 1.89. The van der Waals surface area contributed by atoms with Crippen molar-refractivity contribution in [3.05, 3.63) is 52.5 Å². The van der Waals surface area contributed by atoms with Crippen molar-refractivity contribution in [2.45, 2.75) is 6.42 Å². The number of hydrogen-bond donors (Lipinski definition) is 1. The maximum Gasteiger partial charge on any atom is 0.165 e. The van der Waals surface area contributed by atoms with Gasteiger partial charge in [0, 0.05) is 17.4 Å². The van der Waals surface area contributed by atoms with Gasteiger partial charge in [-0.15, -0.1) is 11.3 Å². The molecule has 0 fully saturated rings. The van der Waals surface area contributed by atoms with Crippen LogP contribution in [-0.4, -0.2) is 18.3 Å². The molecule has 2 nitrogen and oxygen atoms in total. The van der Waals surface area contributed by atoms with Crippen molar-refractivity contribution in [2.24, 2.45) is 5.92 Å². The fourth-order valence-corrected chi connectivity index (χ4v) is 2.48. The first-order chi connectivity index (χ1) is 8.79. The topological polar surface area (TPSA) is 29.5 Å². The fraction of sp³-hybridized carbons (Fsp3) is 0.286. The largest absolute Gasteiger partial charge is 0.490 e. The Morgan fingerprint density at radius 2 is 2.06 bits per heavy atom. The average molecular weight is 266 g/mol. The van der Waals surface area contributed by atoms with Crippen LogP contribution in [0.5, 0.6) is 5.75 Å². The molecule has 0 amide bonds. The summed E-state index contributed by atoms with van der Waals surface area (Å²) in [5.41, 5.74) is 0. The third kappa shape index (κ3) is 3.55. The summed E-state index contributed by atoms with van der Waals surface area (Å²) >= 11 is 1.65. The molecular weight excluding hydrogens is 251 g/mol. The molecule has 2 rings (SSSR count). The van der Waals surface area contributed by atoms with Gasteiger partial charge in [0.05, 0.1) is 6.61 Å². The molecule has 1 unspecified atom stereocenters. The Morgan fingerprint density at radius 3 is 2.72 bits per heavy atom. The molecule has 1 aromatic carbocycles. The van der Waals surface area contributed by atoms with Crippen molar-refractivity contribution in [3.8, 4) is 5.75 Å². The van der Waals surface area contributed by atoms with Gasteiger partial charge in [-0.1, -0.05) is 18.2 Å².